The van der Waals surface area contributed by atoms with E-state index in [4.69, 9.17) is 4.74 Å². The van der Waals surface area contributed by atoms with Crippen molar-refractivity contribution in [3.63, 3.8) is 0 Å². The van der Waals surface area contributed by atoms with E-state index in [1.807, 2.05) is 30.3 Å². The zero-order valence-electron chi connectivity index (χ0n) is 11.5. The van der Waals surface area contributed by atoms with Crippen LogP contribution in [-0.2, 0) is 20.9 Å². The lowest BCUT2D eigenvalue weighted by Crippen LogP contribution is -2.53. The number of likely N-dealkylation sites (tertiary alicyclic amines) is 1. The van der Waals surface area contributed by atoms with Crippen LogP contribution in [-0.4, -0.2) is 41.1 Å². The van der Waals surface area contributed by atoms with Gasteiger partial charge in [0.2, 0.25) is 0 Å². The fraction of sp³-hybridized carbons (Fsp3) is 0.467. The molecule has 108 valence electrons. The summed E-state index contributed by atoms with van der Waals surface area (Å²) in [6, 6.07) is 8.48. The number of methoxy groups -OCH3 is 1. The van der Waals surface area contributed by atoms with E-state index in [0.29, 0.717) is 19.4 Å². The first kappa shape index (κ1) is 14.5. The number of benzene rings is 1. The average Bonchev–Trinajstić information content (AvgIpc) is 2.47. The van der Waals surface area contributed by atoms with Crippen LogP contribution in [0.25, 0.3) is 0 Å². The summed E-state index contributed by atoms with van der Waals surface area (Å²) < 4.78 is 4.81. The second-order valence-electron chi connectivity index (χ2n) is 4.98. The van der Waals surface area contributed by atoms with E-state index < -0.39 is 18.1 Å². The molecule has 0 bridgehead atoms. The molecule has 1 aliphatic heterocycles. The number of esters is 1. The van der Waals surface area contributed by atoms with Crippen molar-refractivity contribution in [1.29, 1.82) is 0 Å². The quantitative estimate of drug-likeness (QED) is 0.848. The number of hydrogen-bond acceptors (Lipinski definition) is 4. The third-order valence-corrected chi connectivity index (χ3v) is 3.72. The zero-order valence-corrected chi connectivity index (χ0v) is 11.5. The van der Waals surface area contributed by atoms with E-state index in [9.17, 15) is 14.7 Å². The Hall–Kier alpha value is -1.88. The maximum atomic E-state index is 11.9. The van der Waals surface area contributed by atoms with Crippen molar-refractivity contribution in [2.24, 2.45) is 0 Å². The van der Waals surface area contributed by atoms with E-state index in [-0.39, 0.29) is 5.97 Å². The van der Waals surface area contributed by atoms with Gasteiger partial charge in [-0.15, -0.1) is 0 Å². The van der Waals surface area contributed by atoms with E-state index >= 15 is 0 Å². The molecular weight excluding hydrogens is 258 g/mol. The van der Waals surface area contributed by atoms with Crippen molar-refractivity contribution in [2.45, 2.75) is 37.9 Å². The first-order valence-electron chi connectivity index (χ1n) is 6.73. The molecule has 0 saturated carbocycles. The molecule has 2 unspecified atom stereocenters. The Morgan fingerprint density at radius 2 is 1.90 bits per heavy atom. The highest BCUT2D eigenvalue weighted by Gasteiger charge is 2.39. The number of ether oxygens (including phenoxy) is 1. The molecule has 1 fully saturated rings. The Bertz CT molecular complexity index is 474. The van der Waals surface area contributed by atoms with Crippen molar-refractivity contribution >= 4 is 11.9 Å². The first-order valence-corrected chi connectivity index (χ1v) is 6.73. The molecule has 1 heterocycles. The number of carboxylic acids is 1. The Kier molecular flexibility index (Phi) is 4.74. The Labute approximate surface area is 118 Å². The fourth-order valence-electron chi connectivity index (χ4n) is 2.72. The van der Waals surface area contributed by atoms with E-state index in [2.05, 4.69) is 0 Å². The van der Waals surface area contributed by atoms with Gasteiger partial charge in [0.1, 0.15) is 12.1 Å². The van der Waals surface area contributed by atoms with Gasteiger partial charge in [-0.25, -0.2) is 0 Å². The molecule has 0 aliphatic carbocycles. The minimum atomic E-state index is -0.880. The van der Waals surface area contributed by atoms with Gasteiger partial charge < -0.3 is 9.84 Å². The van der Waals surface area contributed by atoms with Gasteiger partial charge in [-0.2, -0.15) is 0 Å². The Morgan fingerprint density at radius 3 is 2.50 bits per heavy atom. The van der Waals surface area contributed by atoms with Crippen molar-refractivity contribution in [2.75, 3.05) is 7.11 Å². The van der Waals surface area contributed by atoms with Crippen LogP contribution in [0.2, 0.25) is 0 Å². The van der Waals surface area contributed by atoms with E-state index in [1.54, 1.807) is 4.90 Å². The number of piperidine rings is 1. The van der Waals surface area contributed by atoms with Crippen molar-refractivity contribution < 1.29 is 19.4 Å². The average molecular weight is 277 g/mol. The highest BCUT2D eigenvalue weighted by atomic mass is 16.5. The third-order valence-electron chi connectivity index (χ3n) is 3.72. The van der Waals surface area contributed by atoms with Gasteiger partial charge in [0.15, 0.2) is 0 Å². The van der Waals surface area contributed by atoms with Crippen molar-refractivity contribution in [3.05, 3.63) is 35.9 Å². The van der Waals surface area contributed by atoms with Gasteiger partial charge in [0, 0.05) is 6.54 Å². The summed E-state index contributed by atoms with van der Waals surface area (Å²) in [6.07, 6.45) is 1.93. The monoisotopic (exact) mass is 277 g/mol. The van der Waals surface area contributed by atoms with Crippen LogP contribution in [0.3, 0.4) is 0 Å². The summed E-state index contributed by atoms with van der Waals surface area (Å²) in [6.45, 7) is 0.442. The lowest BCUT2D eigenvalue weighted by molar-refractivity contribution is -0.156. The molecule has 1 aliphatic rings. The van der Waals surface area contributed by atoms with Crippen LogP contribution >= 0.6 is 0 Å². The molecule has 0 spiro atoms. The fourth-order valence-corrected chi connectivity index (χ4v) is 2.72. The molecule has 1 saturated heterocycles. The molecule has 0 amide bonds. The predicted molar refractivity (Wildman–Crippen MR) is 73.1 cm³/mol. The maximum Gasteiger partial charge on any atom is 0.323 e. The normalized spacial score (nSPS) is 23.2. The van der Waals surface area contributed by atoms with E-state index in [1.165, 1.54) is 7.11 Å². The van der Waals surface area contributed by atoms with Crippen LogP contribution in [0.15, 0.2) is 30.3 Å². The van der Waals surface area contributed by atoms with Gasteiger partial charge in [0.05, 0.1) is 7.11 Å². The number of nitrogens with zero attached hydrogens (tertiary/aromatic N) is 1. The SMILES string of the molecule is COC(=O)C1CCCC(C(=O)O)N1Cc1ccccc1. The first-order chi connectivity index (χ1) is 9.63. The molecule has 1 N–H and O–H groups in total. The van der Waals surface area contributed by atoms with Crippen LogP contribution in [0, 0.1) is 0 Å². The lowest BCUT2D eigenvalue weighted by atomic mass is 9.94. The highest BCUT2D eigenvalue weighted by Crippen LogP contribution is 2.26. The molecule has 5 nitrogen and oxygen atoms in total. The molecule has 0 radical (unpaired) electrons. The molecule has 2 rings (SSSR count). The number of carbonyl (C=O) groups is 2. The number of carboxylic acid groups (broad SMARTS) is 1. The lowest BCUT2D eigenvalue weighted by Gasteiger charge is -2.38. The van der Waals surface area contributed by atoms with Gasteiger partial charge in [-0.1, -0.05) is 30.3 Å². The van der Waals surface area contributed by atoms with Gasteiger partial charge in [-0.05, 0) is 24.8 Å². The summed E-state index contributed by atoms with van der Waals surface area (Å²) >= 11 is 0. The minimum Gasteiger partial charge on any atom is -0.480 e. The number of rotatable bonds is 4. The van der Waals surface area contributed by atoms with Gasteiger partial charge in [-0.3, -0.25) is 14.5 Å². The van der Waals surface area contributed by atoms with Gasteiger partial charge >= 0.3 is 11.9 Å². The number of aliphatic carboxylic acids is 1. The molecular formula is C15H19NO4. The molecule has 1 aromatic rings. The molecule has 0 aromatic heterocycles. The maximum absolute atomic E-state index is 11.9. The zero-order chi connectivity index (χ0) is 14.5. The molecule has 20 heavy (non-hydrogen) atoms. The van der Waals surface area contributed by atoms with Crippen molar-refractivity contribution in [3.8, 4) is 0 Å². The second-order valence-corrected chi connectivity index (χ2v) is 4.98. The van der Waals surface area contributed by atoms with Crippen LogP contribution in [0.1, 0.15) is 24.8 Å². The van der Waals surface area contributed by atoms with Crippen LogP contribution in [0.5, 0.6) is 0 Å². The van der Waals surface area contributed by atoms with E-state index in [0.717, 1.165) is 12.0 Å². The molecule has 1 aromatic carbocycles. The van der Waals surface area contributed by atoms with Crippen LogP contribution in [0.4, 0.5) is 0 Å². The number of carbonyl (C=O) groups excluding carboxylic acids is 1. The summed E-state index contributed by atoms with van der Waals surface area (Å²) in [5.74, 6) is -1.23. The van der Waals surface area contributed by atoms with Gasteiger partial charge in [0.25, 0.3) is 0 Å². The Morgan fingerprint density at radius 1 is 1.25 bits per heavy atom. The summed E-state index contributed by atoms with van der Waals surface area (Å²) in [4.78, 5) is 25.0. The summed E-state index contributed by atoms with van der Waals surface area (Å²) in [7, 11) is 1.34. The molecule has 5 heteroatoms. The molecule has 2 atom stereocenters. The standard InChI is InChI=1S/C15H19NO4/c1-20-15(19)13-9-5-8-12(14(17)18)16(13)10-11-6-3-2-4-7-11/h2-4,6-7,12-13H,5,8-10H2,1H3,(H,17,18). The summed E-state index contributed by atoms with van der Waals surface area (Å²) in [5.41, 5.74) is 0.995. The Balaban J connectivity index is 2.23. The smallest absolute Gasteiger partial charge is 0.323 e. The second kappa shape index (κ2) is 6.52. The summed E-state index contributed by atoms with van der Waals surface area (Å²) in [5, 5.41) is 9.37. The number of hydrogen-bond donors (Lipinski definition) is 1. The highest BCUT2D eigenvalue weighted by molar-refractivity contribution is 5.79. The predicted octanol–water partition coefficient (Wildman–Crippen LogP) is 1.67. The van der Waals surface area contributed by atoms with Crippen LogP contribution < -0.4 is 0 Å². The topological polar surface area (TPSA) is 66.8 Å². The minimum absolute atomic E-state index is 0.355. The van der Waals surface area contributed by atoms with Crippen molar-refractivity contribution in [1.82, 2.24) is 4.90 Å². The third kappa shape index (κ3) is 3.17. The largest absolute Gasteiger partial charge is 0.480 e.